The van der Waals surface area contributed by atoms with Crippen LogP contribution in [0, 0.1) is 0 Å². The van der Waals surface area contributed by atoms with Crippen molar-refractivity contribution in [3.8, 4) is 17.4 Å². The van der Waals surface area contributed by atoms with E-state index < -0.39 is 22.4 Å². The maximum Gasteiger partial charge on any atom is 0.417 e. The van der Waals surface area contributed by atoms with Gasteiger partial charge in [0.1, 0.15) is 27.9 Å². The Morgan fingerprint density at radius 3 is 2.67 bits per heavy atom. The molecule has 6 nitrogen and oxygen atoms in total. The molecule has 1 aliphatic carbocycles. The van der Waals surface area contributed by atoms with Gasteiger partial charge in [0.15, 0.2) is 0 Å². The van der Waals surface area contributed by atoms with Crippen LogP contribution in [0.25, 0.3) is 0 Å². The molecule has 156 valence electrons. The average Bonchev–Trinajstić information content (AvgIpc) is 2.99. The largest absolute Gasteiger partial charge is 0.490 e. The minimum absolute atomic E-state index is 0.0790. The highest BCUT2D eigenvalue weighted by atomic mass is 35.5. The van der Waals surface area contributed by atoms with Crippen LogP contribution in [0.15, 0.2) is 30.5 Å². The smallest absolute Gasteiger partial charge is 0.417 e. The lowest BCUT2D eigenvalue weighted by Gasteiger charge is -2.54. The van der Waals surface area contributed by atoms with E-state index in [2.05, 4.69) is 10.3 Å². The van der Waals surface area contributed by atoms with Gasteiger partial charge < -0.3 is 9.47 Å². The molecule has 1 N–H and O–H groups in total. The van der Waals surface area contributed by atoms with Crippen LogP contribution in [-0.4, -0.2) is 27.5 Å². The van der Waals surface area contributed by atoms with Crippen LogP contribution in [0.3, 0.4) is 0 Å². The summed E-state index contributed by atoms with van der Waals surface area (Å²) in [5.41, 5.74) is -0.675. The van der Waals surface area contributed by atoms with Crippen molar-refractivity contribution in [3.63, 3.8) is 0 Å². The maximum absolute atomic E-state index is 12.8. The highest BCUT2D eigenvalue weighted by molar-refractivity contribution is 8.15. The molecule has 0 spiro atoms. The topological polar surface area (TPSA) is 77.5 Å². The second kappa shape index (κ2) is 6.52. The molecule has 1 saturated heterocycles. The van der Waals surface area contributed by atoms with Crippen LogP contribution >= 0.6 is 23.4 Å². The Balaban J connectivity index is 1.43. The van der Waals surface area contributed by atoms with E-state index in [0.717, 1.165) is 23.4 Å². The second-order valence-corrected chi connectivity index (χ2v) is 8.83. The number of thioether (sulfide) groups is 1. The fourth-order valence-corrected chi connectivity index (χ4v) is 5.44. The third-order valence-electron chi connectivity index (χ3n) is 5.51. The van der Waals surface area contributed by atoms with E-state index in [4.69, 9.17) is 21.1 Å². The lowest BCUT2D eigenvalue weighted by molar-refractivity contribution is -0.137. The molecular weight excluding hydrogens is 445 g/mol. The van der Waals surface area contributed by atoms with Crippen LogP contribution in [0.4, 0.5) is 18.0 Å². The van der Waals surface area contributed by atoms with Crippen LogP contribution < -0.4 is 14.8 Å². The molecule has 2 bridgehead atoms. The van der Waals surface area contributed by atoms with Crippen LogP contribution in [-0.2, 0) is 16.4 Å². The number of ether oxygens (including phenoxy) is 2. The molecule has 1 saturated carbocycles. The number of rotatable bonds is 3. The summed E-state index contributed by atoms with van der Waals surface area (Å²) < 4.78 is 49.8. The van der Waals surface area contributed by atoms with E-state index in [1.165, 1.54) is 0 Å². The molecule has 30 heavy (non-hydrogen) atoms. The molecule has 1 aromatic carbocycles. The van der Waals surface area contributed by atoms with Crippen LogP contribution in [0.5, 0.6) is 17.4 Å². The molecule has 3 aliphatic heterocycles. The number of alkyl halides is 3. The number of aromatic nitrogens is 1. The van der Waals surface area contributed by atoms with Gasteiger partial charge in [-0.15, -0.1) is 0 Å². The highest BCUT2D eigenvalue weighted by Crippen LogP contribution is 2.59. The number of hydrogen-bond donors (Lipinski definition) is 1. The molecule has 11 heteroatoms. The molecule has 2 aromatic rings. The summed E-state index contributed by atoms with van der Waals surface area (Å²) in [5, 5.41) is 1.16. The van der Waals surface area contributed by atoms with E-state index in [1.54, 1.807) is 18.2 Å². The third-order valence-corrected chi connectivity index (χ3v) is 6.99. The molecule has 2 fully saturated rings. The summed E-state index contributed by atoms with van der Waals surface area (Å²) >= 11 is 6.89. The summed E-state index contributed by atoms with van der Waals surface area (Å²) in [5.74, 6) is 0.304. The first-order valence-corrected chi connectivity index (χ1v) is 10.1. The zero-order valence-corrected chi connectivity index (χ0v) is 16.5. The van der Waals surface area contributed by atoms with Crippen molar-refractivity contribution in [2.24, 2.45) is 0 Å². The Morgan fingerprint density at radius 1 is 1.27 bits per heavy atom. The molecule has 1 unspecified atom stereocenters. The van der Waals surface area contributed by atoms with E-state index in [0.29, 0.717) is 24.8 Å². The van der Waals surface area contributed by atoms with E-state index >= 15 is 0 Å². The van der Waals surface area contributed by atoms with Gasteiger partial charge in [-0.3, -0.25) is 14.9 Å². The molecule has 0 radical (unpaired) electrons. The standard InChI is InChI=1S/C19H12ClF3N2O4S/c20-12-3-8(19(21,22)23)7-24-16(12)29-9-1-2-11-13(4-9)28-10-5-18(11,6-10)14-15(26)25-17(27)30-14/h1-4,7,10,14H,5-6H2,(H,25,26,27). The first kappa shape index (κ1) is 19.5. The molecule has 1 aromatic heterocycles. The third kappa shape index (κ3) is 3.01. The van der Waals surface area contributed by atoms with E-state index in [-0.39, 0.29) is 33.9 Å². The fourth-order valence-electron chi connectivity index (χ4n) is 4.15. The predicted molar refractivity (Wildman–Crippen MR) is 101 cm³/mol. The zero-order chi connectivity index (χ0) is 21.3. The Morgan fingerprint density at radius 2 is 2.03 bits per heavy atom. The van der Waals surface area contributed by atoms with Gasteiger partial charge in [0.25, 0.3) is 5.24 Å². The van der Waals surface area contributed by atoms with Gasteiger partial charge in [-0.2, -0.15) is 13.2 Å². The summed E-state index contributed by atoms with van der Waals surface area (Å²) in [7, 11) is 0. The van der Waals surface area contributed by atoms with Gasteiger partial charge in [-0.25, -0.2) is 4.98 Å². The van der Waals surface area contributed by atoms with Gasteiger partial charge in [0, 0.05) is 23.2 Å². The zero-order valence-electron chi connectivity index (χ0n) is 15.0. The molecule has 6 rings (SSSR count). The van der Waals surface area contributed by atoms with E-state index in [1.807, 2.05) is 0 Å². The minimum atomic E-state index is -4.56. The minimum Gasteiger partial charge on any atom is -0.490 e. The number of nitrogens with one attached hydrogen (secondary N) is 1. The number of hydrogen-bond acceptors (Lipinski definition) is 6. The molecule has 4 heterocycles. The number of halogens is 4. The van der Waals surface area contributed by atoms with Crippen molar-refractivity contribution in [3.05, 3.63) is 46.6 Å². The fraction of sp³-hybridized carbons (Fsp3) is 0.316. The van der Waals surface area contributed by atoms with E-state index in [9.17, 15) is 22.8 Å². The summed E-state index contributed by atoms with van der Waals surface area (Å²) in [6.45, 7) is 0. The normalized spacial score (nSPS) is 27.1. The molecular formula is C19H12ClF3N2O4S. The van der Waals surface area contributed by atoms with Gasteiger partial charge in [-0.1, -0.05) is 29.4 Å². The summed E-state index contributed by atoms with van der Waals surface area (Å²) in [4.78, 5) is 27.6. The molecule has 2 amide bonds. The lowest BCUT2D eigenvalue weighted by atomic mass is 9.58. The lowest BCUT2D eigenvalue weighted by Crippen LogP contribution is -2.58. The molecule has 4 aliphatic rings. The maximum atomic E-state index is 12.8. The second-order valence-electron chi connectivity index (χ2n) is 7.35. The Hall–Kier alpha value is -2.46. The number of benzene rings is 1. The van der Waals surface area contributed by atoms with Crippen LogP contribution in [0.1, 0.15) is 24.0 Å². The van der Waals surface area contributed by atoms with Gasteiger partial charge in [0.2, 0.25) is 11.8 Å². The summed E-state index contributed by atoms with van der Waals surface area (Å²) in [6, 6.07) is 5.69. The van der Waals surface area contributed by atoms with Crippen molar-refractivity contribution in [2.45, 2.75) is 35.8 Å². The number of pyridine rings is 1. The first-order chi connectivity index (χ1) is 14.2. The predicted octanol–water partition coefficient (Wildman–Crippen LogP) is 4.69. The van der Waals surface area contributed by atoms with Crippen molar-refractivity contribution in [1.82, 2.24) is 10.3 Å². The van der Waals surface area contributed by atoms with Gasteiger partial charge >= 0.3 is 6.18 Å². The van der Waals surface area contributed by atoms with Gasteiger partial charge in [-0.05, 0) is 25.0 Å². The monoisotopic (exact) mass is 456 g/mol. The Kier molecular flexibility index (Phi) is 4.24. The number of nitrogens with zero attached hydrogens (tertiary/aromatic N) is 1. The Labute approximate surface area is 177 Å². The highest BCUT2D eigenvalue weighted by Gasteiger charge is 2.61. The van der Waals surface area contributed by atoms with Crippen molar-refractivity contribution >= 4 is 34.5 Å². The van der Waals surface area contributed by atoms with Gasteiger partial charge in [0.05, 0.1) is 5.56 Å². The quantitative estimate of drug-likeness (QED) is 0.722. The average molecular weight is 457 g/mol. The van der Waals surface area contributed by atoms with Crippen molar-refractivity contribution in [1.29, 1.82) is 0 Å². The Bertz CT molecular complexity index is 1090. The van der Waals surface area contributed by atoms with Crippen molar-refractivity contribution in [2.75, 3.05) is 0 Å². The SMILES string of the molecule is O=C1NC(=O)C(C23CC(C2)Oc2cc(Oc4ncc(C(F)(F)F)cc4Cl)ccc23)S1. The number of imide groups is 1. The van der Waals surface area contributed by atoms with Crippen LogP contribution in [0.2, 0.25) is 5.02 Å². The number of carbonyl (C=O) groups excluding carboxylic acids is 2. The summed E-state index contributed by atoms with van der Waals surface area (Å²) in [6.07, 6.45) is -2.73. The van der Waals surface area contributed by atoms with Crippen molar-refractivity contribution < 1.29 is 32.2 Å². The number of amides is 2. The first-order valence-electron chi connectivity index (χ1n) is 8.89. The molecule has 1 atom stereocenters. The number of carbonyl (C=O) groups is 2.